The average molecular weight is 342 g/mol. The van der Waals surface area contributed by atoms with E-state index in [4.69, 9.17) is 4.74 Å². The fourth-order valence-electron chi connectivity index (χ4n) is 2.62. The van der Waals surface area contributed by atoms with E-state index in [-0.39, 0.29) is 11.9 Å². The number of nitrogens with zero attached hydrogens (tertiary/aromatic N) is 4. The summed E-state index contributed by atoms with van der Waals surface area (Å²) in [6, 6.07) is 3.16. The minimum Gasteiger partial charge on any atom is -0.473 e. The van der Waals surface area contributed by atoms with Crippen molar-refractivity contribution in [1.29, 1.82) is 0 Å². The molecule has 24 heavy (non-hydrogen) atoms. The van der Waals surface area contributed by atoms with Gasteiger partial charge >= 0.3 is 12.1 Å². The van der Waals surface area contributed by atoms with Crippen molar-refractivity contribution in [3.63, 3.8) is 0 Å². The van der Waals surface area contributed by atoms with Crippen LogP contribution in [0.25, 0.3) is 11.4 Å². The van der Waals surface area contributed by atoms with E-state index in [1.165, 1.54) is 6.20 Å². The fraction of sp³-hybridized carbons (Fsp3) is 0.533. The highest BCUT2D eigenvalue weighted by Crippen LogP contribution is 2.29. The number of aromatic nitrogens is 3. The lowest BCUT2D eigenvalue weighted by Crippen LogP contribution is -2.25. The topological polar surface area (TPSA) is 64.3 Å². The number of likely N-dealkylation sites (tertiary alicyclic amines) is 1. The molecular weight excluding hydrogens is 325 g/mol. The van der Waals surface area contributed by atoms with Crippen molar-refractivity contribution in [2.24, 2.45) is 0 Å². The molecule has 1 atom stereocenters. The quantitative estimate of drug-likeness (QED) is 0.832. The third kappa shape index (κ3) is 3.84. The summed E-state index contributed by atoms with van der Waals surface area (Å²) in [5, 5.41) is 3.32. The molecule has 3 heterocycles. The Morgan fingerprint density at radius 1 is 1.38 bits per heavy atom. The number of hydrogen-bond acceptors (Lipinski definition) is 6. The standard InChI is InChI=1S/C15H17F3N4O2/c1-2-6-22-7-5-11(9-22)23-12-4-3-10(8-19-12)13-20-14(24-21-13)15(16,17)18/h3-4,8,11H,2,5-7,9H2,1H3/t11-/m0/s1. The smallest absolute Gasteiger partial charge is 0.471 e. The Labute approximate surface area is 136 Å². The van der Waals surface area contributed by atoms with Gasteiger partial charge in [-0.3, -0.25) is 4.90 Å². The van der Waals surface area contributed by atoms with Crippen LogP contribution in [0.1, 0.15) is 25.7 Å². The Hall–Kier alpha value is -2.16. The molecule has 3 rings (SSSR count). The van der Waals surface area contributed by atoms with Crippen molar-refractivity contribution in [2.75, 3.05) is 19.6 Å². The Kier molecular flexibility index (Phi) is 4.70. The van der Waals surface area contributed by atoms with E-state index in [1.807, 2.05) is 0 Å². The van der Waals surface area contributed by atoms with Gasteiger partial charge in [0.05, 0.1) is 0 Å². The molecule has 1 aliphatic rings. The minimum absolute atomic E-state index is 0.0805. The maximum atomic E-state index is 12.5. The monoisotopic (exact) mass is 342 g/mol. The summed E-state index contributed by atoms with van der Waals surface area (Å²) in [6.07, 6.45) is -1.17. The van der Waals surface area contributed by atoms with Crippen molar-refractivity contribution in [2.45, 2.75) is 32.0 Å². The summed E-state index contributed by atoms with van der Waals surface area (Å²) in [4.78, 5) is 9.77. The van der Waals surface area contributed by atoms with Crippen LogP contribution in [0.3, 0.4) is 0 Å². The van der Waals surface area contributed by atoms with Crippen LogP contribution in [0, 0.1) is 0 Å². The van der Waals surface area contributed by atoms with E-state index in [9.17, 15) is 13.2 Å². The number of rotatable bonds is 5. The Bertz CT molecular complexity index is 672. The molecule has 0 aliphatic carbocycles. The summed E-state index contributed by atoms with van der Waals surface area (Å²) >= 11 is 0. The predicted molar refractivity (Wildman–Crippen MR) is 78.3 cm³/mol. The van der Waals surface area contributed by atoms with Crippen LogP contribution in [-0.4, -0.2) is 45.8 Å². The van der Waals surface area contributed by atoms with E-state index in [1.54, 1.807) is 12.1 Å². The highest BCUT2D eigenvalue weighted by molar-refractivity contribution is 5.53. The van der Waals surface area contributed by atoms with Crippen molar-refractivity contribution in [1.82, 2.24) is 20.0 Å². The normalized spacial score (nSPS) is 18.9. The summed E-state index contributed by atoms with van der Waals surface area (Å²) in [5.74, 6) is -1.10. The minimum atomic E-state index is -4.66. The van der Waals surface area contributed by atoms with Crippen molar-refractivity contribution in [3.05, 3.63) is 24.2 Å². The molecule has 0 radical (unpaired) electrons. The predicted octanol–water partition coefficient (Wildman–Crippen LogP) is 3.01. The molecule has 0 saturated carbocycles. The second-order valence-corrected chi connectivity index (χ2v) is 5.64. The Morgan fingerprint density at radius 3 is 2.83 bits per heavy atom. The van der Waals surface area contributed by atoms with Gasteiger partial charge in [-0.05, 0) is 25.5 Å². The SMILES string of the molecule is CCCN1CC[C@H](Oc2ccc(-c3noc(C(F)(F)F)n3)cn2)C1. The molecule has 0 amide bonds. The molecule has 9 heteroatoms. The lowest BCUT2D eigenvalue weighted by atomic mass is 10.2. The van der Waals surface area contributed by atoms with E-state index in [2.05, 4.69) is 31.5 Å². The van der Waals surface area contributed by atoms with Gasteiger partial charge in [0.1, 0.15) is 6.10 Å². The average Bonchev–Trinajstić information content (AvgIpc) is 3.18. The van der Waals surface area contributed by atoms with Crippen LogP contribution in [0.15, 0.2) is 22.9 Å². The molecule has 130 valence electrons. The number of ether oxygens (including phenoxy) is 1. The van der Waals surface area contributed by atoms with E-state index >= 15 is 0 Å². The van der Waals surface area contributed by atoms with Gasteiger partial charge in [-0.15, -0.1) is 0 Å². The first-order valence-electron chi connectivity index (χ1n) is 7.72. The van der Waals surface area contributed by atoms with E-state index < -0.39 is 12.1 Å². The Morgan fingerprint density at radius 2 is 2.21 bits per heavy atom. The molecule has 0 unspecified atom stereocenters. The molecule has 0 bridgehead atoms. The molecule has 0 spiro atoms. The lowest BCUT2D eigenvalue weighted by molar-refractivity contribution is -0.159. The van der Waals surface area contributed by atoms with Gasteiger partial charge in [0, 0.05) is 30.9 Å². The zero-order valence-electron chi connectivity index (χ0n) is 13.1. The lowest BCUT2D eigenvalue weighted by Gasteiger charge is -2.15. The third-order valence-electron chi connectivity index (χ3n) is 3.72. The number of alkyl halides is 3. The maximum Gasteiger partial charge on any atom is 0.471 e. The number of hydrogen-bond donors (Lipinski definition) is 0. The maximum absolute atomic E-state index is 12.5. The Balaban J connectivity index is 1.63. The molecule has 0 N–H and O–H groups in total. The zero-order chi connectivity index (χ0) is 17.2. The van der Waals surface area contributed by atoms with Crippen LogP contribution < -0.4 is 4.74 Å². The second-order valence-electron chi connectivity index (χ2n) is 5.64. The summed E-state index contributed by atoms with van der Waals surface area (Å²) in [7, 11) is 0. The number of pyridine rings is 1. The first-order chi connectivity index (χ1) is 11.5. The molecule has 1 saturated heterocycles. The second kappa shape index (κ2) is 6.76. The van der Waals surface area contributed by atoms with Gasteiger partial charge in [-0.1, -0.05) is 12.1 Å². The molecular formula is C15H17F3N4O2. The van der Waals surface area contributed by atoms with Gasteiger partial charge in [0.15, 0.2) is 0 Å². The zero-order valence-corrected chi connectivity index (χ0v) is 13.1. The van der Waals surface area contributed by atoms with E-state index in [0.717, 1.165) is 32.5 Å². The molecule has 0 aromatic carbocycles. The van der Waals surface area contributed by atoms with Gasteiger partial charge < -0.3 is 9.26 Å². The van der Waals surface area contributed by atoms with Crippen LogP contribution >= 0.6 is 0 Å². The first kappa shape index (κ1) is 16.7. The highest BCUT2D eigenvalue weighted by Gasteiger charge is 2.38. The van der Waals surface area contributed by atoms with Gasteiger partial charge in [0.25, 0.3) is 0 Å². The highest BCUT2D eigenvalue weighted by atomic mass is 19.4. The van der Waals surface area contributed by atoms with Gasteiger partial charge in [-0.25, -0.2) is 4.98 Å². The molecule has 2 aromatic heterocycles. The first-order valence-corrected chi connectivity index (χ1v) is 7.72. The number of halogens is 3. The van der Waals surface area contributed by atoms with Crippen molar-refractivity contribution in [3.8, 4) is 17.3 Å². The fourth-order valence-corrected chi connectivity index (χ4v) is 2.62. The van der Waals surface area contributed by atoms with Crippen LogP contribution in [-0.2, 0) is 6.18 Å². The molecule has 1 aliphatic heterocycles. The molecule has 2 aromatic rings. The van der Waals surface area contributed by atoms with Crippen LogP contribution in [0.5, 0.6) is 5.88 Å². The molecule has 1 fully saturated rings. The largest absolute Gasteiger partial charge is 0.473 e. The van der Waals surface area contributed by atoms with Crippen LogP contribution in [0.2, 0.25) is 0 Å². The van der Waals surface area contributed by atoms with Gasteiger partial charge in [0.2, 0.25) is 11.7 Å². The third-order valence-corrected chi connectivity index (χ3v) is 3.72. The summed E-state index contributed by atoms with van der Waals surface area (Å²) in [5.41, 5.74) is 0.334. The van der Waals surface area contributed by atoms with Crippen molar-refractivity contribution >= 4 is 0 Å². The van der Waals surface area contributed by atoms with Gasteiger partial charge in [-0.2, -0.15) is 18.2 Å². The summed E-state index contributed by atoms with van der Waals surface area (Å²) in [6.45, 7) is 5.04. The summed E-state index contributed by atoms with van der Waals surface area (Å²) < 4.78 is 47.4. The van der Waals surface area contributed by atoms with Crippen molar-refractivity contribution < 1.29 is 22.4 Å². The molecule has 6 nitrogen and oxygen atoms in total. The van der Waals surface area contributed by atoms with E-state index in [0.29, 0.717) is 11.4 Å². The van der Waals surface area contributed by atoms with Crippen LogP contribution in [0.4, 0.5) is 13.2 Å².